The van der Waals surface area contributed by atoms with E-state index in [4.69, 9.17) is 11.6 Å². The standard InChI is InChI=1S/C18H20ClN3O5S/c1-4-21(5-2)28(26,27)17-10-13(7-9-15(17)19)18(23)20-16-11-14(22(24)25)8-6-12(16)3/h6-11H,4-5H2,1-3H3,(H,20,23). The average molecular weight is 426 g/mol. The molecule has 0 atom stereocenters. The smallest absolute Gasteiger partial charge is 0.271 e. The Morgan fingerprint density at radius 2 is 1.82 bits per heavy atom. The van der Waals surface area contributed by atoms with Gasteiger partial charge in [-0.1, -0.05) is 31.5 Å². The van der Waals surface area contributed by atoms with Gasteiger partial charge in [-0.25, -0.2) is 8.42 Å². The largest absolute Gasteiger partial charge is 0.321 e. The summed E-state index contributed by atoms with van der Waals surface area (Å²) in [5.74, 6) is -0.601. The molecule has 0 saturated heterocycles. The molecule has 0 unspecified atom stereocenters. The highest BCUT2D eigenvalue weighted by atomic mass is 35.5. The molecule has 150 valence electrons. The molecule has 2 aromatic carbocycles. The predicted molar refractivity (Wildman–Crippen MR) is 107 cm³/mol. The Hall–Kier alpha value is -2.49. The summed E-state index contributed by atoms with van der Waals surface area (Å²) in [6, 6.07) is 8.04. The van der Waals surface area contributed by atoms with Gasteiger partial charge in [0.15, 0.2) is 0 Å². The molecule has 0 spiro atoms. The molecule has 2 aromatic rings. The molecule has 10 heteroatoms. The topological polar surface area (TPSA) is 110 Å². The normalized spacial score (nSPS) is 11.5. The summed E-state index contributed by atoms with van der Waals surface area (Å²) >= 11 is 6.07. The zero-order chi connectivity index (χ0) is 21.1. The quantitative estimate of drug-likeness (QED) is 0.535. The van der Waals surface area contributed by atoms with Gasteiger partial charge in [0, 0.05) is 30.8 Å². The molecule has 0 saturated carbocycles. The summed E-state index contributed by atoms with van der Waals surface area (Å²) in [6.45, 7) is 5.63. The van der Waals surface area contributed by atoms with Crippen LogP contribution in [0.25, 0.3) is 0 Å². The first-order chi connectivity index (χ1) is 13.1. The van der Waals surface area contributed by atoms with Crippen LogP contribution in [0.2, 0.25) is 5.02 Å². The van der Waals surface area contributed by atoms with E-state index in [1.54, 1.807) is 20.8 Å². The van der Waals surface area contributed by atoms with Crippen molar-refractivity contribution in [3.8, 4) is 0 Å². The van der Waals surface area contributed by atoms with Crippen molar-refractivity contribution in [2.24, 2.45) is 0 Å². The van der Waals surface area contributed by atoms with Crippen molar-refractivity contribution in [2.45, 2.75) is 25.7 Å². The van der Waals surface area contributed by atoms with Crippen molar-refractivity contribution >= 4 is 38.9 Å². The van der Waals surface area contributed by atoms with Crippen molar-refractivity contribution in [3.63, 3.8) is 0 Å². The molecule has 0 fully saturated rings. The average Bonchev–Trinajstić information content (AvgIpc) is 2.64. The number of nitro groups is 1. The van der Waals surface area contributed by atoms with Gasteiger partial charge in [0.05, 0.1) is 15.6 Å². The fraction of sp³-hybridized carbons (Fsp3) is 0.278. The number of amides is 1. The maximum atomic E-state index is 12.8. The van der Waals surface area contributed by atoms with E-state index < -0.39 is 20.9 Å². The fourth-order valence-corrected chi connectivity index (χ4v) is 4.56. The maximum Gasteiger partial charge on any atom is 0.271 e. The van der Waals surface area contributed by atoms with Gasteiger partial charge in [0.1, 0.15) is 4.90 Å². The Balaban J connectivity index is 2.41. The van der Waals surface area contributed by atoms with E-state index in [0.29, 0.717) is 5.56 Å². The van der Waals surface area contributed by atoms with Gasteiger partial charge in [0.2, 0.25) is 10.0 Å². The zero-order valence-electron chi connectivity index (χ0n) is 15.6. The van der Waals surface area contributed by atoms with Crippen molar-refractivity contribution in [2.75, 3.05) is 18.4 Å². The molecule has 1 amide bonds. The summed E-state index contributed by atoms with van der Waals surface area (Å²) in [5, 5.41) is 13.5. The van der Waals surface area contributed by atoms with Crippen LogP contribution in [0.15, 0.2) is 41.3 Å². The molecule has 0 radical (unpaired) electrons. The highest BCUT2D eigenvalue weighted by molar-refractivity contribution is 7.89. The van der Waals surface area contributed by atoms with Crippen LogP contribution < -0.4 is 5.32 Å². The van der Waals surface area contributed by atoms with Crippen LogP contribution in [-0.2, 0) is 10.0 Å². The minimum absolute atomic E-state index is 0.00924. The lowest BCUT2D eigenvalue weighted by Crippen LogP contribution is -2.31. The molecule has 8 nitrogen and oxygen atoms in total. The van der Waals surface area contributed by atoms with E-state index in [1.807, 2.05) is 0 Å². The van der Waals surface area contributed by atoms with E-state index in [9.17, 15) is 23.3 Å². The second-order valence-electron chi connectivity index (χ2n) is 5.94. The monoisotopic (exact) mass is 425 g/mol. The number of halogens is 1. The number of rotatable bonds is 7. The summed E-state index contributed by atoms with van der Waals surface area (Å²) in [6.07, 6.45) is 0. The molecule has 1 N–H and O–H groups in total. The van der Waals surface area contributed by atoms with Gasteiger partial charge in [-0.15, -0.1) is 0 Å². The molecule has 28 heavy (non-hydrogen) atoms. The second kappa shape index (κ2) is 8.68. The predicted octanol–water partition coefficient (Wildman–Crippen LogP) is 3.84. The highest BCUT2D eigenvalue weighted by Gasteiger charge is 2.25. The van der Waals surface area contributed by atoms with Crippen LogP contribution in [-0.4, -0.2) is 36.6 Å². The van der Waals surface area contributed by atoms with Crippen molar-refractivity contribution in [1.82, 2.24) is 4.31 Å². The highest BCUT2D eigenvalue weighted by Crippen LogP contribution is 2.27. The number of hydrogen-bond donors (Lipinski definition) is 1. The summed E-state index contributed by atoms with van der Waals surface area (Å²) < 4.78 is 26.8. The number of non-ortho nitro benzene ring substituents is 1. The number of carbonyl (C=O) groups excluding carboxylic acids is 1. The van der Waals surface area contributed by atoms with Crippen molar-refractivity contribution < 1.29 is 18.1 Å². The first-order valence-electron chi connectivity index (χ1n) is 8.47. The Morgan fingerprint density at radius 3 is 2.39 bits per heavy atom. The van der Waals surface area contributed by atoms with E-state index in [1.165, 1.54) is 40.7 Å². The van der Waals surface area contributed by atoms with E-state index in [2.05, 4.69) is 5.32 Å². The lowest BCUT2D eigenvalue weighted by atomic mass is 10.1. The van der Waals surface area contributed by atoms with Crippen molar-refractivity contribution in [1.29, 1.82) is 0 Å². The van der Waals surface area contributed by atoms with Crippen LogP contribution in [0.4, 0.5) is 11.4 Å². The lowest BCUT2D eigenvalue weighted by Gasteiger charge is -2.19. The van der Waals surface area contributed by atoms with Crippen LogP contribution >= 0.6 is 11.6 Å². The number of benzene rings is 2. The van der Waals surface area contributed by atoms with Gasteiger partial charge < -0.3 is 5.32 Å². The number of hydrogen-bond acceptors (Lipinski definition) is 5. The first kappa shape index (κ1) is 21.8. The van der Waals surface area contributed by atoms with E-state index in [0.717, 1.165) is 0 Å². The Labute approximate surface area is 168 Å². The van der Waals surface area contributed by atoms with Gasteiger partial charge in [-0.2, -0.15) is 4.31 Å². The third-order valence-electron chi connectivity index (χ3n) is 4.20. The summed E-state index contributed by atoms with van der Waals surface area (Å²) in [4.78, 5) is 22.8. The second-order valence-corrected chi connectivity index (χ2v) is 8.26. The van der Waals surface area contributed by atoms with Gasteiger partial charge in [0.25, 0.3) is 11.6 Å². The number of carbonyl (C=O) groups is 1. The first-order valence-corrected chi connectivity index (χ1v) is 10.3. The number of nitro benzene ring substituents is 1. The molecular weight excluding hydrogens is 406 g/mol. The Bertz CT molecular complexity index is 1020. The van der Waals surface area contributed by atoms with Crippen LogP contribution in [0.1, 0.15) is 29.8 Å². The fourth-order valence-electron chi connectivity index (χ4n) is 2.60. The zero-order valence-corrected chi connectivity index (χ0v) is 17.2. The third kappa shape index (κ3) is 4.49. The number of aryl methyl sites for hydroxylation is 1. The number of anilines is 1. The molecule has 0 heterocycles. The van der Waals surface area contributed by atoms with Gasteiger partial charge in [-0.3, -0.25) is 14.9 Å². The lowest BCUT2D eigenvalue weighted by molar-refractivity contribution is -0.384. The number of sulfonamides is 1. The number of nitrogens with zero attached hydrogens (tertiary/aromatic N) is 2. The van der Waals surface area contributed by atoms with E-state index >= 15 is 0 Å². The number of nitrogens with one attached hydrogen (secondary N) is 1. The minimum atomic E-state index is -3.85. The van der Waals surface area contributed by atoms with Crippen LogP contribution in [0.5, 0.6) is 0 Å². The van der Waals surface area contributed by atoms with Gasteiger partial charge >= 0.3 is 0 Å². The molecular formula is C18H20ClN3O5S. The van der Waals surface area contributed by atoms with Gasteiger partial charge in [-0.05, 0) is 30.7 Å². The SMILES string of the molecule is CCN(CC)S(=O)(=O)c1cc(C(=O)Nc2cc([N+](=O)[O-])ccc2C)ccc1Cl. The van der Waals surface area contributed by atoms with E-state index in [-0.39, 0.29) is 39.9 Å². The molecule has 0 bridgehead atoms. The minimum Gasteiger partial charge on any atom is -0.321 e. The molecule has 0 aliphatic carbocycles. The maximum absolute atomic E-state index is 12.8. The molecule has 0 aromatic heterocycles. The third-order valence-corrected chi connectivity index (χ3v) is 6.73. The molecule has 0 aliphatic rings. The Kier molecular flexibility index (Phi) is 6.76. The van der Waals surface area contributed by atoms with Crippen LogP contribution in [0, 0.1) is 17.0 Å². The molecule has 2 rings (SSSR count). The molecule has 0 aliphatic heterocycles. The van der Waals surface area contributed by atoms with Crippen LogP contribution in [0.3, 0.4) is 0 Å². The Morgan fingerprint density at radius 1 is 1.18 bits per heavy atom. The van der Waals surface area contributed by atoms with Crippen molar-refractivity contribution in [3.05, 3.63) is 62.7 Å². The summed E-state index contributed by atoms with van der Waals surface area (Å²) in [5.41, 5.74) is 0.800. The summed E-state index contributed by atoms with van der Waals surface area (Å²) in [7, 11) is -3.85.